The van der Waals surface area contributed by atoms with E-state index in [0.717, 1.165) is 5.56 Å². The fourth-order valence-corrected chi connectivity index (χ4v) is 3.52. The molecular formula is C20H15N3O5S. The maximum Gasteiger partial charge on any atom is 0.236 e. The number of phenols is 1. The Morgan fingerprint density at radius 1 is 1.24 bits per heavy atom. The van der Waals surface area contributed by atoms with Crippen molar-refractivity contribution in [2.75, 3.05) is 12.9 Å². The normalized spacial score (nSPS) is 15.3. The van der Waals surface area contributed by atoms with Crippen molar-refractivity contribution in [3.8, 4) is 22.8 Å². The van der Waals surface area contributed by atoms with E-state index in [9.17, 15) is 14.7 Å². The molecule has 1 aliphatic rings. The number of methoxy groups -OCH3 is 1. The fraction of sp³-hybridized carbons (Fsp3) is 0.100. The second-order valence-electron chi connectivity index (χ2n) is 6.04. The van der Waals surface area contributed by atoms with Gasteiger partial charge in [-0.2, -0.15) is 5.10 Å². The summed E-state index contributed by atoms with van der Waals surface area (Å²) < 4.78 is 11.2. The van der Waals surface area contributed by atoms with Crippen molar-refractivity contribution in [3.63, 3.8) is 0 Å². The van der Waals surface area contributed by atoms with Crippen LogP contribution in [0, 0.1) is 0 Å². The standard InChI is InChI=1S/C20H15N3O5S/c1-27-19-12(9-21-23-20-22-17(26)10-29-20)13(24)7-16-18(19)14(25)8-15(28-16)11-5-3-2-4-6-11/h2-9,24H,10H2,1H3,(H,22,23,26)/b21-9+. The molecule has 3 aromatic rings. The first-order valence-electron chi connectivity index (χ1n) is 8.53. The number of hydrogen-bond acceptors (Lipinski definition) is 8. The highest BCUT2D eigenvalue weighted by Gasteiger charge is 2.19. The molecule has 1 fully saturated rings. The van der Waals surface area contributed by atoms with Gasteiger partial charge in [0.2, 0.25) is 5.91 Å². The summed E-state index contributed by atoms with van der Waals surface area (Å²) >= 11 is 1.22. The van der Waals surface area contributed by atoms with Crippen LogP contribution in [-0.4, -0.2) is 35.3 Å². The molecule has 0 saturated carbocycles. The quantitative estimate of drug-likeness (QED) is 0.506. The van der Waals surface area contributed by atoms with E-state index < -0.39 is 0 Å². The molecule has 0 atom stereocenters. The van der Waals surface area contributed by atoms with Gasteiger partial charge in [-0.25, -0.2) is 0 Å². The Balaban J connectivity index is 1.81. The van der Waals surface area contributed by atoms with Gasteiger partial charge in [0, 0.05) is 17.7 Å². The van der Waals surface area contributed by atoms with E-state index in [4.69, 9.17) is 9.15 Å². The zero-order chi connectivity index (χ0) is 20.4. The summed E-state index contributed by atoms with van der Waals surface area (Å²) in [6.45, 7) is 0. The average Bonchev–Trinajstić information content (AvgIpc) is 3.14. The molecule has 1 saturated heterocycles. The number of benzene rings is 2. The third kappa shape index (κ3) is 3.72. The number of phenolic OH excluding ortho intramolecular Hbond substituents is 1. The molecule has 1 amide bonds. The van der Waals surface area contributed by atoms with Gasteiger partial charge >= 0.3 is 0 Å². The second kappa shape index (κ2) is 7.80. The van der Waals surface area contributed by atoms with Crippen molar-refractivity contribution < 1.29 is 19.1 Å². The van der Waals surface area contributed by atoms with Crippen LogP contribution in [0.3, 0.4) is 0 Å². The maximum absolute atomic E-state index is 12.8. The molecule has 1 aliphatic heterocycles. The number of carbonyl (C=O) groups excluding carboxylic acids is 1. The van der Waals surface area contributed by atoms with Crippen LogP contribution in [-0.2, 0) is 4.79 Å². The van der Waals surface area contributed by atoms with E-state index >= 15 is 0 Å². The molecule has 9 heteroatoms. The van der Waals surface area contributed by atoms with Crippen LogP contribution in [0.25, 0.3) is 22.3 Å². The monoisotopic (exact) mass is 409 g/mol. The van der Waals surface area contributed by atoms with E-state index in [2.05, 4.69) is 15.5 Å². The number of hydrogen-bond donors (Lipinski definition) is 2. The highest BCUT2D eigenvalue weighted by molar-refractivity contribution is 8.15. The van der Waals surface area contributed by atoms with Gasteiger partial charge < -0.3 is 19.6 Å². The van der Waals surface area contributed by atoms with Crippen LogP contribution < -0.4 is 15.5 Å². The number of rotatable bonds is 4. The van der Waals surface area contributed by atoms with Crippen molar-refractivity contribution >= 4 is 40.0 Å². The van der Waals surface area contributed by atoms with Crippen molar-refractivity contribution in [3.05, 3.63) is 58.3 Å². The van der Waals surface area contributed by atoms with Crippen molar-refractivity contribution in [2.24, 2.45) is 10.2 Å². The number of amides is 1. The minimum atomic E-state index is -0.318. The number of carbonyl (C=O) groups is 1. The van der Waals surface area contributed by atoms with Gasteiger partial charge in [-0.1, -0.05) is 42.1 Å². The lowest BCUT2D eigenvalue weighted by Gasteiger charge is -2.11. The maximum atomic E-state index is 12.8. The predicted octanol–water partition coefficient (Wildman–Crippen LogP) is 2.73. The molecule has 146 valence electrons. The van der Waals surface area contributed by atoms with Gasteiger partial charge in [-0.05, 0) is 0 Å². The van der Waals surface area contributed by atoms with E-state index in [0.29, 0.717) is 10.9 Å². The van der Waals surface area contributed by atoms with Gasteiger partial charge in [0.15, 0.2) is 10.6 Å². The Hall–Kier alpha value is -3.59. The predicted molar refractivity (Wildman–Crippen MR) is 112 cm³/mol. The number of nitrogens with zero attached hydrogens (tertiary/aromatic N) is 2. The molecule has 2 heterocycles. The molecule has 2 N–H and O–H groups in total. The first kappa shape index (κ1) is 18.8. The van der Waals surface area contributed by atoms with E-state index in [1.54, 1.807) is 0 Å². The molecule has 0 bridgehead atoms. The third-order valence-corrected chi connectivity index (χ3v) is 5.04. The largest absolute Gasteiger partial charge is 0.507 e. The van der Waals surface area contributed by atoms with Crippen LogP contribution >= 0.6 is 11.8 Å². The van der Waals surface area contributed by atoms with Gasteiger partial charge in [0.25, 0.3) is 0 Å². The summed E-state index contributed by atoms with van der Waals surface area (Å²) in [4.78, 5) is 24.0. The summed E-state index contributed by atoms with van der Waals surface area (Å²) in [5.74, 6) is 0.451. The minimum absolute atomic E-state index is 0.125. The lowest BCUT2D eigenvalue weighted by atomic mass is 10.1. The summed E-state index contributed by atoms with van der Waals surface area (Å²) in [5.41, 5.74) is 0.787. The Bertz CT molecular complexity index is 1220. The number of fused-ring (bicyclic) bond motifs is 1. The van der Waals surface area contributed by atoms with Gasteiger partial charge in [-0.15, -0.1) is 5.10 Å². The van der Waals surface area contributed by atoms with E-state index in [1.807, 2.05) is 30.3 Å². The van der Waals surface area contributed by atoms with Crippen molar-refractivity contribution in [1.82, 2.24) is 5.32 Å². The summed E-state index contributed by atoms with van der Waals surface area (Å²) in [5, 5.41) is 21.3. The number of amidine groups is 1. The number of nitrogens with one attached hydrogen (secondary N) is 1. The zero-order valence-electron chi connectivity index (χ0n) is 15.2. The van der Waals surface area contributed by atoms with Crippen LogP contribution in [0.5, 0.6) is 11.5 Å². The summed E-state index contributed by atoms with van der Waals surface area (Å²) in [7, 11) is 1.38. The van der Waals surface area contributed by atoms with Crippen LogP contribution in [0.4, 0.5) is 0 Å². The van der Waals surface area contributed by atoms with Gasteiger partial charge in [0.1, 0.15) is 28.2 Å². The molecule has 2 aromatic carbocycles. The summed E-state index contributed by atoms with van der Waals surface area (Å²) in [6, 6.07) is 11.9. The average molecular weight is 409 g/mol. The van der Waals surface area contributed by atoms with Crippen molar-refractivity contribution in [2.45, 2.75) is 0 Å². The van der Waals surface area contributed by atoms with Crippen molar-refractivity contribution in [1.29, 1.82) is 0 Å². The first-order chi connectivity index (χ1) is 14.1. The molecule has 1 aromatic heterocycles. The third-order valence-electron chi connectivity index (χ3n) is 4.17. The van der Waals surface area contributed by atoms with Crippen LogP contribution in [0.1, 0.15) is 5.56 Å². The lowest BCUT2D eigenvalue weighted by Crippen LogP contribution is -2.19. The molecule has 0 spiro atoms. The highest BCUT2D eigenvalue weighted by Crippen LogP contribution is 2.35. The number of ether oxygens (including phenoxy) is 1. The second-order valence-corrected chi connectivity index (χ2v) is 7.01. The van der Waals surface area contributed by atoms with Gasteiger partial charge in [0.05, 0.1) is 24.6 Å². The van der Waals surface area contributed by atoms with E-state index in [1.165, 1.54) is 37.2 Å². The molecule has 8 nitrogen and oxygen atoms in total. The Labute approximate surface area is 168 Å². The number of aromatic hydroxyl groups is 1. The minimum Gasteiger partial charge on any atom is -0.507 e. The van der Waals surface area contributed by atoms with E-state index in [-0.39, 0.29) is 45.1 Å². The topological polar surface area (TPSA) is 113 Å². The Morgan fingerprint density at radius 3 is 2.72 bits per heavy atom. The number of thioether (sulfide) groups is 1. The Kier molecular flexibility index (Phi) is 5.05. The molecular weight excluding hydrogens is 394 g/mol. The SMILES string of the molecule is COc1c(/C=N/N=C2/NC(=O)CS2)c(O)cc2oc(-c3ccccc3)cc(=O)c12. The smallest absolute Gasteiger partial charge is 0.236 e. The molecule has 29 heavy (non-hydrogen) atoms. The Morgan fingerprint density at radius 2 is 2.03 bits per heavy atom. The lowest BCUT2D eigenvalue weighted by molar-refractivity contribution is -0.116. The molecule has 0 aliphatic carbocycles. The fourth-order valence-electron chi connectivity index (χ4n) is 2.89. The van der Waals surface area contributed by atoms with Crippen LogP contribution in [0.2, 0.25) is 0 Å². The zero-order valence-corrected chi connectivity index (χ0v) is 16.0. The van der Waals surface area contributed by atoms with Crippen LogP contribution in [0.15, 0.2) is 61.9 Å². The first-order valence-corrected chi connectivity index (χ1v) is 9.52. The van der Waals surface area contributed by atoms with Gasteiger partial charge in [-0.3, -0.25) is 9.59 Å². The highest BCUT2D eigenvalue weighted by atomic mass is 32.2. The molecule has 4 rings (SSSR count). The molecule has 0 unspecified atom stereocenters. The summed E-state index contributed by atoms with van der Waals surface area (Å²) in [6.07, 6.45) is 1.26. The molecule has 0 radical (unpaired) electrons.